The van der Waals surface area contributed by atoms with E-state index in [1.165, 1.54) is 12.1 Å². The molecule has 4 rings (SSSR count). The number of hydrogen-bond donors (Lipinski definition) is 3. The van der Waals surface area contributed by atoms with Gasteiger partial charge in [0.25, 0.3) is 0 Å². The molecule has 0 heterocycles. The van der Waals surface area contributed by atoms with Crippen molar-refractivity contribution in [2.24, 2.45) is 0 Å². The van der Waals surface area contributed by atoms with Crippen LogP contribution in [0.4, 0.5) is 17.1 Å². The van der Waals surface area contributed by atoms with E-state index in [0.29, 0.717) is 16.9 Å². The Kier molecular flexibility index (Phi) is 3.74. The number of nitrogens with two attached hydrogens (primary N) is 1. The summed E-state index contributed by atoms with van der Waals surface area (Å²) >= 11 is 0. The van der Waals surface area contributed by atoms with Gasteiger partial charge in [-0.3, -0.25) is 9.59 Å². The van der Waals surface area contributed by atoms with Crippen LogP contribution in [-0.4, -0.2) is 22.6 Å². The van der Waals surface area contributed by atoms with E-state index in [2.05, 4.69) is 5.32 Å². The van der Waals surface area contributed by atoms with E-state index in [1.807, 2.05) is 0 Å². The summed E-state index contributed by atoms with van der Waals surface area (Å²) in [4.78, 5) is 37.7. The maximum Gasteiger partial charge on any atom is 0.337 e. The predicted molar refractivity (Wildman–Crippen MR) is 101 cm³/mol. The van der Waals surface area contributed by atoms with Crippen LogP contribution in [0, 0.1) is 0 Å². The van der Waals surface area contributed by atoms with Crippen molar-refractivity contribution >= 4 is 34.6 Å². The number of ketones is 2. The monoisotopic (exact) mass is 358 g/mol. The highest BCUT2D eigenvalue weighted by atomic mass is 16.4. The zero-order valence-electron chi connectivity index (χ0n) is 14.0. The smallest absolute Gasteiger partial charge is 0.337 e. The Morgan fingerprint density at radius 1 is 0.815 bits per heavy atom. The predicted octanol–water partition coefficient (Wildman–Crippen LogP) is 3.49. The topological polar surface area (TPSA) is 109 Å². The van der Waals surface area contributed by atoms with Crippen molar-refractivity contribution in [2.45, 2.75) is 0 Å². The van der Waals surface area contributed by atoms with E-state index >= 15 is 0 Å². The number of benzene rings is 3. The molecule has 0 atom stereocenters. The van der Waals surface area contributed by atoms with Crippen LogP contribution in [0.1, 0.15) is 42.2 Å². The highest BCUT2D eigenvalue weighted by Crippen LogP contribution is 2.36. The molecule has 0 spiro atoms. The summed E-state index contributed by atoms with van der Waals surface area (Å²) in [6.45, 7) is 0. The fraction of sp³-hybridized carbons (Fsp3) is 0. The molecular weight excluding hydrogens is 344 g/mol. The first-order valence-electron chi connectivity index (χ1n) is 8.18. The number of nitrogen functional groups attached to an aromatic ring is 1. The Bertz CT molecular complexity index is 1120. The van der Waals surface area contributed by atoms with Gasteiger partial charge in [0.2, 0.25) is 0 Å². The Labute approximate surface area is 154 Å². The van der Waals surface area contributed by atoms with Gasteiger partial charge in [0.15, 0.2) is 11.6 Å². The summed E-state index contributed by atoms with van der Waals surface area (Å²) in [7, 11) is 0. The molecule has 1 aliphatic carbocycles. The molecule has 0 fully saturated rings. The third-order valence-corrected chi connectivity index (χ3v) is 4.50. The summed E-state index contributed by atoms with van der Waals surface area (Å²) in [6, 6.07) is 15.9. The molecule has 0 radical (unpaired) electrons. The number of anilines is 3. The quantitative estimate of drug-likeness (QED) is 0.484. The Morgan fingerprint density at radius 3 is 2.07 bits per heavy atom. The van der Waals surface area contributed by atoms with Crippen LogP contribution < -0.4 is 11.1 Å². The second kappa shape index (κ2) is 6.10. The summed E-state index contributed by atoms with van der Waals surface area (Å²) in [5, 5.41) is 12.6. The SMILES string of the molecule is Nc1ccc(Nc2c(C(=O)O)ccc3c2C(=O)c2ccccc2C3=O)cc1. The molecule has 0 saturated carbocycles. The molecule has 0 amide bonds. The minimum Gasteiger partial charge on any atom is -0.478 e. The summed E-state index contributed by atoms with van der Waals surface area (Å²) in [5.74, 6) is -1.89. The van der Waals surface area contributed by atoms with Crippen LogP contribution in [0.3, 0.4) is 0 Å². The van der Waals surface area contributed by atoms with E-state index in [9.17, 15) is 19.5 Å². The first kappa shape index (κ1) is 16.5. The number of nitrogens with one attached hydrogen (secondary N) is 1. The van der Waals surface area contributed by atoms with Crippen LogP contribution in [-0.2, 0) is 0 Å². The molecule has 0 bridgehead atoms. The molecule has 0 aromatic heterocycles. The number of carboxylic acids is 1. The van der Waals surface area contributed by atoms with Crippen molar-refractivity contribution < 1.29 is 19.5 Å². The Hall–Kier alpha value is -3.93. The lowest BCUT2D eigenvalue weighted by Gasteiger charge is -2.22. The fourth-order valence-corrected chi connectivity index (χ4v) is 3.21. The third-order valence-electron chi connectivity index (χ3n) is 4.50. The first-order chi connectivity index (χ1) is 13.0. The van der Waals surface area contributed by atoms with Gasteiger partial charge in [-0.1, -0.05) is 24.3 Å². The number of carboxylic acid groups (broad SMARTS) is 1. The van der Waals surface area contributed by atoms with Crippen molar-refractivity contribution in [1.82, 2.24) is 0 Å². The largest absolute Gasteiger partial charge is 0.478 e. The maximum absolute atomic E-state index is 13.1. The van der Waals surface area contributed by atoms with Crippen LogP contribution in [0.25, 0.3) is 0 Å². The normalized spacial score (nSPS) is 12.3. The molecule has 6 nitrogen and oxygen atoms in total. The highest BCUT2D eigenvalue weighted by Gasteiger charge is 2.33. The molecule has 6 heteroatoms. The van der Waals surface area contributed by atoms with E-state index in [1.54, 1.807) is 48.5 Å². The molecular formula is C21H14N2O4. The molecule has 3 aromatic rings. The average Bonchev–Trinajstić information content (AvgIpc) is 2.67. The van der Waals surface area contributed by atoms with Crippen LogP contribution >= 0.6 is 0 Å². The fourth-order valence-electron chi connectivity index (χ4n) is 3.21. The molecule has 1 aliphatic rings. The Balaban J connectivity index is 1.94. The molecule has 0 aliphatic heterocycles. The highest BCUT2D eigenvalue weighted by molar-refractivity contribution is 6.31. The van der Waals surface area contributed by atoms with Crippen molar-refractivity contribution in [3.8, 4) is 0 Å². The van der Waals surface area contributed by atoms with Gasteiger partial charge in [0.1, 0.15) is 0 Å². The lowest BCUT2D eigenvalue weighted by atomic mass is 9.82. The van der Waals surface area contributed by atoms with Gasteiger partial charge in [0.05, 0.1) is 16.8 Å². The van der Waals surface area contributed by atoms with E-state index in [-0.39, 0.29) is 39.5 Å². The lowest BCUT2D eigenvalue weighted by molar-refractivity contribution is 0.0697. The number of carbonyl (C=O) groups excluding carboxylic acids is 2. The number of rotatable bonds is 3. The minimum atomic E-state index is -1.20. The number of aromatic carboxylic acids is 1. The van der Waals surface area contributed by atoms with Crippen molar-refractivity contribution in [1.29, 1.82) is 0 Å². The van der Waals surface area contributed by atoms with Gasteiger partial charge >= 0.3 is 5.97 Å². The summed E-state index contributed by atoms with van der Waals surface area (Å²) in [6.07, 6.45) is 0. The standard InChI is InChI=1S/C21H14N2O4/c22-11-5-7-12(8-6-11)23-18-16(21(26)27)10-9-15-17(18)20(25)14-4-2-1-3-13(14)19(15)24/h1-10,23H,22H2,(H,26,27). The van der Waals surface area contributed by atoms with Crippen molar-refractivity contribution in [3.63, 3.8) is 0 Å². The molecule has 0 unspecified atom stereocenters. The van der Waals surface area contributed by atoms with E-state index in [0.717, 1.165) is 0 Å². The summed E-state index contributed by atoms with van der Waals surface area (Å²) < 4.78 is 0. The van der Waals surface area contributed by atoms with Gasteiger partial charge in [0, 0.05) is 28.1 Å². The van der Waals surface area contributed by atoms with Gasteiger partial charge in [-0.05, 0) is 36.4 Å². The van der Waals surface area contributed by atoms with Crippen LogP contribution in [0.2, 0.25) is 0 Å². The zero-order valence-corrected chi connectivity index (χ0v) is 14.0. The first-order valence-corrected chi connectivity index (χ1v) is 8.18. The molecule has 132 valence electrons. The van der Waals surface area contributed by atoms with Gasteiger partial charge < -0.3 is 16.2 Å². The summed E-state index contributed by atoms with van der Waals surface area (Å²) in [5.41, 5.74) is 7.62. The average molecular weight is 358 g/mol. The molecule has 0 saturated heterocycles. The number of fused-ring (bicyclic) bond motifs is 2. The maximum atomic E-state index is 13.1. The van der Waals surface area contributed by atoms with Crippen molar-refractivity contribution in [2.75, 3.05) is 11.1 Å². The minimum absolute atomic E-state index is 0.0652. The van der Waals surface area contributed by atoms with Gasteiger partial charge in [-0.25, -0.2) is 4.79 Å². The molecule has 27 heavy (non-hydrogen) atoms. The molecule has 4 N–H and O–H groups in total. The van der Waals surface area contributed by atoms with Crippen LogP contribution in [0.15, 0.2) is 60.7 Å². The lowest BCUT2D eigenvalue weighted by Crippen LogP contribution is -2.23. The van der Waals surface area contributed by atoms with Crippen LogP contribution in [0.5, 0.6) is 0 Å². The Morgan fingerprint density at radius 2 is 1.44 bits per heavy atom. The van der Waals surface area contributed by atoms with Gasteiger partial charge in [-0.15, -0.1) is 0 Å². The number of hydrogen-bond acceptors (Lipinski definition) is 5. The third kappa shape index (κ3) is 2.64. The zero-order chi connectivity index (χ0) is 19.1. The van der Waals surface area contributed by atoms with Gasteiger partial charge in [-0.2, -0.15) is 0 Å². The van der Waals surface area contributed by atoms with Crippen molar-refractivity contribution in [3.05, 3.63) is 88.5 Å². The second-order valence-corrected chi connectivity index (χ2v) is 6.17. The van der Waals surface area contributed by atoms with E-state index in [4.69, 9.17) is 5.73 Å². The molecule has 3 aromatic carbocycles. The second-order valence-electron chi connectivity index (χ2n) is 6.17. The van der Waals surface area contributed by atoms with E-state index < -0.39 is 5.97 Å². The number of carbonyl (C=O) groups is 3.